The molecule has 0 aliphatic carbocycles. The van der Waals surface area contributed by atoms with Crippen molar-refractivity contribution in [3.63, 3.8) is 0 Å². The Kier molecular flexibility index (Phi) is 17.7. The molecule has 0 saturated heterocycles. The number of aromatic nitrogens is 4. The van der Waals surface area contributed by atoms with Crippen LogP contribution in [0.1, 0.15) is 130 Å². The van der Waals surface area contributed by atoms with Gasteiger partial charge in [-0.25, -0.2) is 0 Å². The molecular weight excluding hydrogens is 1040 g/mol. The number of aliphatic carboxylic acids is 4. The van der Waals surface area contributed by atoms with Gasteiger partial charge in [0.1, 0.15) is 24.7 Å². The molecule has 14 heteroatoms. The van der Waals surface area contributed by atoms with E-state index in [1.807, 2.05) is 84.9 Å². The summed E-state index contributed by atoms with van der Waals surface area (Å²) in [6, 6.07) is 44.6. The largest absolute Gasteiger partial charge is 0.489 e. The lowest BCUT2D eigenvalue weighted by Crippen LogP contribution is -2.13. The van der Waals surface area contributed by atoms with Crippen LogP contribution >= 0.6 is 0 Å². The van der Waals surface area contributed by atoms with Crippen LogP contribution in [-0.4, -0.2) is 77.5 Å². The van der Waals surface area contributed by atoms with Gasteiger partial charge in [-0.15, -0.1) is 0 Å². The number of carboxylic acids is 4. The maximum absolute atomic E-state index is 12.0. The third kappa shape index (κ3) is 12.7. The second-order valence-corrected chi connectivity index (χ2v) is 21.2. The highest BCUT2D eigenvalue weighted by Gasteiger charge is 2.33. The van der Waals surface area contributed by atoms with E-state index < -0.39 is 35.7 Å². The topological polar surface area (TPSA) is 231 Å². The summed E-state index contributed by atoms with van der Waals surface area (Å²) in [6.45, 7) is 8.41. The van der Waals surface area contributed by atoms with Crippen molar-refractivity contribution in [1.29, 1.82) is 0 Å². The Morgan fingerprint density at radius 3 is 0.952 bits per heavy atom. The molecule has 0 unspecified atom stereocenters. The van der Waals surface area contributed by atoms with Crippen LogP contribution < -0.4 is 9.47 Å². The van der Waals surface area contributed by atoms with Gasteiger partial charge in [0.2, 0.25) is 0 Å². The smallest absolute Gasteiger partial charge is 0.303 e. The van der Waals surface area contributed by atoms with Gasteiger partial charge in [-0.05, 0) is 128 Å². The van der Waals surface area contributed by atoms with Crippen LogP contribution in [0.25, 0.3) is 43.6 Å². The predicted octanol–water partition coefficient (Wildman–Crippen LogP) is 14.3. The van der Waals surface area contributed by atoms with Crippen LogP contribution in [-0.2, 0) is 51.3 Å². The lowest BCUT2D eigenvalue weighted by molar-refractivity contribution is -0.138. The number of hydrogen-bond acceptors (Lipinski definition) is 6. The number of carboxylic acid groups (broad SMARTS) is 4. The van der Waals surface area contributed by atoms with Crippen LogP contribution in [0, 0.1) is 0 Å². The van der Waals surface area contributed by atoms with E-state index in [1.54, 1.807) is 12.2 Å². The van der Waals surface area contributed by atoms with Crippen molar-refractivity contribution in [2.75, 3.05) is 13.2 Å². The molecule has 10 aromatic rings. The van der Waals surface area contributed by atoms with Gasteiger partial charge in [-0.1, -0.05) is 122 Å². The minimum Gasteiger partial charge on any atom is -0.489 e. The third-order valence-corrected chi connectivity index (χ3v) is 15.7. The quantitative estimate of drug-likeness (QED) is 0.0199. The number of fused-ring (bicyclic) bond motifs is 4. The molecule has 0 saturated carbocycles. The Labute approximate surface area is 480 Å². The molecular formula is C69H68N4O10. The minimum absolute atomic E-state index is 0.0154. The fraction of sp³-hybridized carbons (Fsp3) is 0.246. The number of carbonyl (C=O) groups is 4. The van der Waals surface area contributed by atoms with Crippen LogP contribution in [0.2, 0.25) is 0 Å². The Morgan fingerprint density at radius 2 is 0.687 bits per heavy atom. The molecule has 0 aliphatic heterocycles. The number of rotatable bonds is 30. The Balaban J connectivity index is 1.18. The van der Waals surface area contributed by atoms with E-state index in [1.165, 1.54) is 0 Å². The molecule has 8 N–H and O–H groups in total. The lowest BCUT2D eigenvalue weighted by Gasteiger charge is -2.24. The van der Waals surface area contributed by atoms with E-state index in [0.29, 0.717) is 69.3 Å². The first-order valence-corrected chi connectivity index (χ1v) is 28.4. The van der Waals surface area contributed by atoms with Gasteiger partial charge >= 0.3 is 23.9 Å². The number of nitrogens with one attached hydrogen (secondary N) is 4. The van der Waals surface area contributed by atoms with E-state index in [4.69, 9.17) is 9.47 Å². The molecule has 6 aromatic carbocycles. The van der Waals surface area contributed by atoms with Crippen molar-refractivity contribution >= 4 is 67.5 Å². The maximum atomic E-state index is 12.0. The third-order valence-electron chi connectivity index (χ3n) is 15.7. The van der Waals surface area contributed by atoms with E-state index in [2.05, 4.69) is 81.6 Å². The molecule has 14 nitrogen and oxygen atoms in total. The molecule has 4 heterocycles. The number of ether oxygens (including phenoxy) is 2. The zero-order valence-electron chi connectivity index (χ0n) is 46.3. The zero-order valence-corrected chi connectivity index (χ0v) is 46.3. The van der Waals surface area contributed by atoms with Gasteiger partial charge in [0.05, 0.1) is 11.8 Å². The second kappa shape index (κ2) is 25.9. The average molecular weight is 1110 g/mol. The summed E-state index contributed by atoms with van der Waals surface area (Å²) >= 11 is 0. The van der Waals surface area contributed by atoms with Gasteiger partial charge in [0.15, 0.2) is 0 Å². The summed E-state index contributed by atoms with van der Waals surface area (Å²) in [4.78, 5) is 63.4. The van der Waals surface area contributed by atoms with Gasteiger partial charge in [0.25, 0.3) is 0 Å². The van der Waals surface area contributed by atoms with E-state index in [-0.39, 0.29) is 38.9 Å². The number of para-hydroxylation sites is 4. The van der Waals surface area contributed by atoms with Gasteiger partial charge < -0.3 is 49.8 Å². The van der Waals surface area contributed by atoms with Crippen molar-refractivity contribution in [2.24, 2.45) is 0 Å². The molecule has 424 valence electrons. The summed E-state index contributed by atoms with van der Waals surface area (Å²) < 4.78 is 13.3. The standard InChI is InChI=1S/C69H68N4O10/c1-3-37-82-58-35-33-42(40-52(58)64(66-48(21-13-29-60(74)75)44-17-5-9-25-54(44)70-66)67-49(22-14-30-61(76)77)45-18-6-10-26-55(45)71-67)39-43-34-36-59(83-38-4-2)53(41-43)65(68-50(23-15-31-62(78)79)46-19-7-11-27-56(46)72-68)69-51(24-16-32-63(80)81)47-20-8-12-28-57(47)73-69/h3-12,17-20,25-28,33-36,40-41,64-65,70-73H,1-2,13-16,21-24,29-32,37-39H2,(H,74,75)(H,76,77)(H,78,79)(H,80,81). The zero-order chi connectivity index (χ0) is 58.0. The van der Waals surface area contributed by atoms with Gasteiger partial charge in [0, 0.05) is 103 Å². The van der Waals surface area contributed by atoms with Crippen molar-refractivity contribution in [3.8, 4) is 11.5 Å². The molecule has 0 radical (unpaired) electrons. The van der Waals surface area contributed by atoms with Crippen LogP contribution in [0.5, 0.6) is 11.5 Å². The molecule has 0 atom stereocenters. The molecule has 10 rings (SSSR count). The van der Waals surface area contributed by atoms with E-state index in [9.17, 15) is 39.6 Å². The van der Waals surface area contributed by atoms with Crippen LogP contribution in [0.3, 0.4) is 0 Å². The average Bonchev–Trinajstić information content (AvgIpc) is 4.46. The Hall–Kier alpha value is -9.56. The summed E-state index contributed by atoms with van der Waals surface area (Å²) in [5, 5.41) is 43.4. The lowest BCUT2D eigenvalue weighted by atomic mass is 9.83. The molecule has 0 aliphatic rings. The molecule has 0 bridgehead atoms. The minimum atomic E-state index is -0.878. The van der Waals surface area contributed by atoms with E-state index in [0.717, 1.165) is 111 Å². The fourth-order valence-corrected chi connectivity index (χ4v) is 12.2. The summed E-state index contributed by atoms with van der Waals surface area (Å²) in [5.74, 6) is -3.39. The number of aromatic amines is 4. The Bertz CT molecular complexity index is 3570. The van der Waals surface area contributed by atoms with Crippen molar-refractivity contribution in [1.82, 2.24) is 19.9 Å². The summed E-state index contributed by atoms with van der Waals surface area (Å²) in [5.41, 5.74) is 14.5. The van der Waals surface area contributed by atoms with E-state index >= 15 is 0 Å². The van der Waals surface area contributed by atoms with Crippen LogP contribution in [0.4, 0.5) is 0 Å². The van der Waals surface area contributed by atoms with Crippen LogP contribution in [0.15, 0.2) is 159 Å². The van der Waals surface area contributed by atoms with Crippen molar-refractivity contribution in [2.45, 2.75) is 95.3 Å². The normalized spacial score (nSPS) is 11.6. The predicted molar refractivity (Wildman–Crippen MR) is 324 cm³/mol. The molecule has 0 spiro atoms. The summed E-state index contributed by atoms with van der Waals surface area (Å²) in [7, 11) is 0. The molecule has 83 heavy (non-hydrogen) atoms. The second-order valence-electron chi connectivity index (χ2n) is 21.2. The molecule has 4 aromatic heterocycles. The van der Waals surface area contributed by atoms with Crippen molar-refractivity contribution in [3.05, 3.63) is 226 Å². The number of hydrogen-bond donors (Lipinski definition) is 8. The van der Waals surface area contributed by atoms with Gasteiger partial charge in [-0.3, -0.25) is 19.2 Å². The highest BCUT2D eigenvalue weighted by atomic mass is 16.5. The number of aryl methyl sites for hydroxylation is 4. The molecule has 0 fully saturated rings. The highest BCUT2D eigenvalue weighted by Crippen LogP contribution is 2.47. The van der Waals surface area contributed by atoms with Gasteiger partial charge in [-0.2, -0.15) is 0 Å². The first-order chi connectivity index (χ1) is 40.4. The Morgan fingerprint density at radius 1 is 0.410 bits per heavy atom. The van der Waals surface area contributed by atoms with Crippen molar-refractivity contribution < 1.29 is 49.1 Å². The number of H-pyrrole nitrogens is 4. The first-order valence-electron chi connectivity index (χ1n) is 28.4. The highest BCUT2D eigenvalue weighted by molar-refractivity contribution is 5.90. The number of benzene rings is 6. The fourth-order valence-electron chi connectivity index (χ4n) is 12.2. The summed E-state index contributed by atoms with van der Waals surface area (Å²) in [6.07, 6.45) is 7.27. The SMILES string of the molecule is C=CCOc1ccc(Cc2ccc(OCC=C)c(C(c3[nH]c4ccccc4c3CCCC(=O)O)c3[nH]c4ccccc4c3CCCC(=O)O)c2)cc1C(c1[nH]c2ccccc2c1CCCC(=O)O)c1[nH]c2ccccc2c1CCCC(=O)O. The first kappa shape index (κ1) is 56.7. The molecule has 0 amide bonds. The maximum Gasteiger partial charge on any atom is 0.303 e. The monoisotopic (exact) mass is 1110 g/mol.